The largest absolute Gasteiger partial charge is 0.497 e. The van der Waals surface area contributed by atoms with Gasteiger partial charge in [-0.1, -0.05) is 43.2 Å². The number of amides is 2. The van der Waals surface area contributed by atoms with Crippen LogP contribution < -0.4 is 14.4 Å². The maximum atomic E-state index is 13.5. The average molecular weight is 490 g/mol. The Kier molecular flexibility index (Phi) is 9.92. The van der Waals surface area contributed by atoms with E-state index in [0.717, 1.165) is 34.5 Å². The van der Waals surface area contributed by atoms with E-state index in [9.17, 15) is 18.0 Å². The number of benzene rings is 2. The minimum Gasteiger partial charge on any atom is -0.497 e. The van der Waals surface area contributed by atoms with Crippen molar-refractivity contribution in [2.24, 2.45) is 0 Å². The van der Waals surface area contributed by atoms with E-state index >= 15 is 0 Å². The average Bonchev–Trinajstić information content (AvgIpc) is 2.81. The summed E-state index contributed by atoms with van der Waals surface area (Å²) in [7, 11) is -2.25. The standard InChI is InChI=1S/C25H35N3O5S/c1-6-7-16-26-25(30)20(3)27(17-21-10-8-19(2)9-11-21)24(29)18-28(34(5,31)32)22-12-14-23(33-4)15-13-22/h8-15,20H,6-7,16-18H2,1-5H3,(H,26,30). The predicted molar refractivity (Wildman–Crippen MR) is 134 cm³/mol. The highest BCUT2D eigenvalue weighted by Crippen LogP contribution is 2.22. The minimum atomic E-state index is -3.76. The molecule has 0 aliphatic carbocycles. The second-order valence-electron chi connectivity index (χ2n) is 8.30. The molecule has 0 heterocycles. The molecule has 1 N–H and O–H groups in total. The van der Waals surface area contributed by atoms with Gasteiger partial charge in [-0.15, -0.1) is 0 Å². The number of hydrogen-bond donors (Lipinski definition) is 1. The molecule has 9 heteroatoms. The SMILES string of the molecule is CCCCNC(=O)C(C)N(Cc1ccc(C)cc1)C(=O)CN(c1ccc(OC)cc1)S(C)(=O)=O. The third kappa shape index (κ3) is 7.76. The molecule has 0 fully saturated rings. The smallest absolute Gasteiger partial charge is 0.244 e. The van der Waals surface area contributed by atoms with E-state index < -0.39 is 28.5 Å². The molecule has 0 spiro atoms. The first-order valence-electron chi connectivity index (χ1n) is 11.3. The molecule has 0 radical (unpaired) electrons. The Morgan fingerprint density at radius 3 is 2.21 bits per heavy atom. The number of carbonyl (C=O) groups excluding carboxylic acids is 2. The lowest BCUT2D eigenvalue weighted by Crippen LogP contribution is -2.51. The summed E-state index contributed by atoms with van der Waals surface area (Å²) in [5.41, 5.74) is 2.27. The van der Waals surface area contributed by atoms with Crippen LogP contribution in [0.15, 0.2) is 48.5 Å². The van der Waals surface area contributed by atoms with Gasteiger partial charge in [0.25, 0.3) is 0 Å². The van der Waals surface area contributed by atoms with Crippen LogP contribution in [0.1, 0.15) is 37.8 Å². The minimum absolute atomic E-state index is 0.182. The van der Waals surface area contributed by atoms with Crippen LogP contribution in [0.2, 0.25) is 0 Å². The zero-order valence-corrected chi connectivity index (χ0v) is 21.4. The number of nitrogens with zero attached hydrogens (tertiary/aromatic N) is 2. The second-order valence-corrected chi connectivity index (χ2v) is 10.2. The summed E-state index contributed by atoms with van der Waals surface area (Å²) in [5.74, 6) is -0.175. The quantitative estimate of drug-likeness (QED) is 0.462. The molecule has 0 aromatic heterocycles. The van der Waals surface area contributed by atoms with Crippen LogP contribution in [0.5, 0.6) is 5.75 Å². The van der Waals surface area contributed by atoms with E-state index in [4.69, 9.17) is 4.74 Å². The number of sulfonamides is 1. The molecule has 2 aromatic carbocycles. The fourth-order valence-corrected chi connectivity index (χ4v) is 4.22. The van der Waals surface area contributed by atoms with Crippen LogP contribution in [0, 0.1) is 6.92 Å². The van der Waals surface area contributed by atoms with E-state index in [1.54, 1.807) is 31.2 Å². The van der Waals surface area contributed by atoms with Crippen molar-refractivity contribution >= 4 is 27.5 Å². The third-order valence-corrected chi connectivity index (χ3v) is 6.65. The summed E-state index contributed by atoms with van der Waals surface area (Å²) in [6, 6.07) is 13.3. The lowest BCUT2D eigenvalue weighted by Gasteiger charge is -2.31. The molecular formula is C25H35N3O5S. The van der Waals surface area contributed by atoms with E-state index in [1.807, 2.05) is 38.1 Å². The molecule has 2 aromatic rings. The van der Waals surface area contributed by atoms with Crippen molar-refractivity contribution in [1.29, 1.82) is 0 Å². The molecule has 0 aliphatic rings. The molecule has 0 bridgehead atoms. The highest BCUT2D eigenvalue weighted by atomic mass is 32.2. The molecule has 1 atom stereocenters. The molecule has 34 heavy (non-hydrogen) atoms. The van der Waals surface area contributed by atoms with Crippen molar-refractivity contribution in [3.05, 3.63) is 59.7 Å². The normalized spacial score (nSPS) is 12.0. The van der Waals surface area contributed by atoms with Gasteiger partial charge in [-0.3, -0.25) is 13.9 Å². The van der Waals surface area contributed by atoms with E-state index in [0.29, 0.717) is 18.0 Å². The van der Waals surface area contributed by atoms with Gasteiger partial charge in [0.2, 0.25) is 21.8 Å². The fourth-order valence-electron chi connectivity index (χ4n) is 3.37. The van der Waals surface area contributed by atoms with Gasteiger partial charge in [-0.05, 0) is 50.1 Å². The Morgan fingerprint density at radius 2 is 1.68 bits per heavy atom. The lowest BCUT2D eigenvalue weighted by molar-refractivity contribution is -0.139. The lowest BCUT2D eigenvalue weighted by atomic mass is 10.1. The Bertz CT molecular complexity index is 1050. The van der Waals surface area contributed by atoms with Crippen molar-refractivity contribution in [3.8, 4) is 5.75 Å². The maximum absolute atomic E-state index is 13.5. The van der Waals surface area contributed by atoms with Crippen LogP contribution >= 0.6 is 0 Å². The zero-order valence-electron chi connectivity index (χ0n) is 20.6. The fraction of sp³-hybridized carbons (Fsp3) is 0.440. The van der Waals surface area contributed by atoms with Gasteiger partial charge >= 0.3 is 0 Å². The Balaban J connectivity index is 2.32. The van der Waals surface area contributed by atoms with Crippen LogP contribution in [-0.4, -0.2) is 57.6 Å². The summed E-state index contributed by atoms with van der Waals surface area (Å²) in [4.78, 5) is 27.7. The van der Waals surface area contributed by atoms with Crippen LogP contribution in [0.3, 0.4) is 0 Å². The molecule has 186 valence electrons. The summed E-state index contributed by atoms with van der Waals surface area (Å²) in [6.07, 6.45) is 2.82. The number of rotatable bonds is 12. The molecular weight excluding hydrogens is 454 g/mol. The van der Waals surface area contributed by atoms with Gasteiger partial charge in [0.05, 0.1) is 19.1 Å². The topological polar surface area (TPSA) is 96.0 Å². The number of nitrogens with one attached hydrogen (secondary N) is 1. The predicted octanol–water partition coefficient (Wildman–Crippen LogP) is 3.10. The number of carbonyl (C=O) groups is 2. The van der Waals surface area contributed by atoms with Crippen molar-refractivity contribution in [2.45, 2.75) is 46.2 Å². The van der Waals surface area contributed by atoms with Crippen molar-refractivity contribution in [1.82, 2.24) is 10.2 Å². The highest BCUT2D eigenvalue weighted by Gasteiger charge is 2.30. The van der Waals surface area contributed by atoms with E-state index in [-0.39, 0.29) is 12.5 Å². The van der Waals surface area contributed by atoms with Gasteiger partial charge < -0.3 is 15.0 Å². The number of ether oxygens (including phenoxy) is 1. The van der Waals surface area contributed by atoms with Crippen LogP contribution in [-0.2, 0) is 26.2 Å². The van der Waals surface area contributed by atoms with Crippen molar-refractivity contribution in [2.75, 3.05) is 30.8 Å². The van der Waals surface area contributed by atoms with Crippen molar-refractivity contribution < 1.29 is 22.7 Å². The molecule has 0 saturated carbocycles. The van der Waals surface area contributed by atoms with Crippen LogP contribution in [0.4, 0.5) is 5.69 Å². The first kappa shape index (κ1) is 27.2. The molecule has 8 nitrogen and oxygen atoms in total. The third-order valence-electron chi connectivity index (χ3n) is 5.51. The molecule has 2 amide bonds. The molecule has 2 rings (SSSR count). The van der Waals surface area contributed by atoms with E-state index in [1.165, 1.54) is 12.0 Å². The number of methoxy groups -OCH3 is 1. The van der Waals surface area contributed by atoms with Gasteiger partial charge in [0.1, 0.15) is 18.3 Å². The molecule has 1 unspecified atom stereocenters. The Labute approximate surface area is 202 Å². The highest BCUT2D eigenvalue weighted by molar-refractivity contribution is 7.92. The summed E-state index contributed by atoms with van der Waals surface area (Å²) in [5, 5.41) is 2.86. The number of unbranched alkanes of at least 4 members (excludes halogenated alkanes) is 1. The summed E-state index contributed by atoms with van der Waals surface area (Å²) in [6.45, 7) is 5.93. The van der Waals surface area contributed by atoms with Gasteiger partial charge in [-0.25, -0.2) is 8.42 Å². The second kappa shape index (κ2) is 12.4. The molecule has 0 saturated heterocycles. The Morgan fingerprint density at radius 1 is 1.06 bits per heavy atom. The van der Waals surface area contributed by atoms with Gasteiger partial charge in [0, 0.05) is 13.1 Å². The number of aryl methyl sites for hydroxylation is 1. The Hall–Kier alpha value is -3.07. The van der Waals surface area contributed by atoms with Crippen LogP contribution in [0.25, 0.3) is 0 Å². The maximum Gasteiger partial charge on any atom is 0.244 e. The summed E-state index contributed by atoms with van der Waals surface area (Å²) < 4.78 is 31.3. The monoisotopic (exact) mass is 489 g/mol. The number of anilines is 1. The van der Waals surface area contributed by atoms with E-state index in [2.05, 4.69) is 5.32 Å². The van der Waals surface area contributed by atoms with Gasteiger partial charge in [0.15, 0.2) is 0 Å². The first-order chi connectivity index (χ1) is 16.1. The molecule has 0 aliphatic heterocycles. The van der Waals surface area contributed by atoms with Crippen molar-refractivity contribution in [3.63, 3.8) is 0 Å². The van der Waals surface area contributed by atoms with Gasteiger partial charge in [-0.2, -0.15) is 0 Å². The first-order valence-corrected chi connectivity index (χ1v) is 13.2. The summed E-state index contributed by atoms with van der Waals surface area (Å²) >= 11 is 0. The number of hydrogen-bond acceptors (Lipinski definition) is 5. The zero-order chi connectivity index (χ0) is 25.3.